The fourth-order valence-electron chi connectivity index (χ4n) is 2.58. The van der Waals surface area contributed by atoms with Crippen molar-refractivity contribution in [3.8, 4) is 17.0 Å². The minimum atomic E-state index is -1.02. The number of carboxylic acid groups (broad SMARTS) is 1. The molecule has 22 heavy (non-hydrogen) atoms. The lowest BCUT2D eigenvalue weighted by molar-refractivity contribution is 0.0689. The van der Waals surface area contributed by atoms with Crippen molar-refractivity contribution in [3.63, 3.8) is 0 Å². The molecule has 1 aromatic heterocycles. The van der Waals surface area contributed by atoms with Gasteiger partial charge in [0.2, 0.25) is 0 Å². The van der Waals surface area contributed by atoms with Crippen molar-refractivity contribution in [2.24, 2.45) is 7.05 Å². The van der Waals surface area contributed by atoms with Gasteiger partial charge in [-0.1, -0.05) is 12.1 Å². The molecule has 0 unspecified atom stereocenters. The SMILES string of the molecule is Cn1nc(C(=O)O)cc1-c1ccccc1OC1CCSCC1. The maximum Gasteiger partial charge on any atom is 0.356 e. The summed E-state index contributed by atoms with van der Waals surface area (Å²) in [7, 11) is 1.75. The van der Waals surface area contributed by atoms with Gasteiger partial charge >= 0.3 is 5.97 Å². The van der Waals surface area contributed by atoms with Gasteiger partial charge in [0.05, 0.1) is 5.69 Å². The number of nitrogens with zero attached hydrogens (tertiary/aromatic N) is 2. The standard InChI is InChI=1S/C16H18N2O3S/c1-18-14(10-13(17-18)16(19)20)12-4-2-3-5-15(12)21-11-6-8-22-9-7-11/h2-5,10-11H,6-9H2,1H3,(H,19,20). The minimum absolute atomic E-state index is 0.0429. The van der Waals surface area contributed by atoms with E-state index in [2.05, 4.69) is 5.10 Å². The molecule has 1 aromatic carbocycles. The highest BCUT2D eigenvalue weighted by atomic mass is 32.2. The highest BCUT2D eigenvalue weighted by Gasteiger charge is 2.19. The molecule has 6 heteroatoms. The summed E-state index contributed by atoms with van der Waals surface area (Å²) in [5.41, 5.74) is 1.67. The van der Waals surface area contributed by atoms with Crippen molar-refractivity contribution >= 4 is 17.7 Å². The van der Waals surface area contributed by atoms with Crippen LogP contribution in [0.3, 0.4) is 0 Å². The van der Waals surface area contributed by atoms with Gasteiger partial charge in [0.15, 0.2) is 5.69 Å². The fraction of sp³-hybridized carbons (Fsp3) is 0.375. The third-order valence-corrected chi connectivity index (χ3v) is 4.77. The van der Waals surface area contributed by atoms with E-state index >= 15 is 0 Å². The second-order valence-corrected chi connectivity index (χ2v) is 6.49. The van der Waals surface area contributed by atoms with E-state index in [1.807, 2.05) is 36.0 Å². The van der Waals surface area contributed by atoms with E-state index in [0.717, 1.165) is 41.4 Å². The lowest BCUT2D eigenvalue weighted by atomic mass is 10.1. The van der Waals surface area contributed by atoms with Gasteiger partial charge in [-0.05, 0) is 42.5 Å². The van der Waals surface area contributed by atoms with Crippen LogP contribution in [0.5, 0.6) is 5.75 Å². The summed E-state index contributed by atoms with van der Waals surface area (Å²) in [5, 5.41) is 13.1. The number of aryl methyl sites for hydroxylation is 1. The number of hydrogen-bond acceptors (Lipinski definition) is 4. The van der Waals surface area contributed by atoms with E-state index in [0.29, 0.717) is 0 Å². The molecular formula is C16H18N2O3S. The highest BCUT2D eigenvalue weighted by molar-refractivity contribution is 7.99. The molecular weight excluding hydrogens is 300 g/mol. The second-order valence-electron chi connectivity index (χ2n) is 5.27. The molecule has 2 heterocycles. The topological polar surface area (TPSA) is 64.4 Å². The summed E-state index contributed by atoms with van der Waals surface area (Å²) in [6.07, 6.45) is 2.32. The fourth-order valence-corrected chi connectivity index (χ4v) is 3.64. The van der Waals surface area contributed by atoms with Crippen molar-refractivity contribution in [2.45, 2.75) is 18.9 Å². The molecule has 0 atom stereocenters. The van der Waals surface area contributed by atoms with E-state index in [9.17, 15) is 4.79 Å². The second kappa shape index (κ2) is 6.44. The summed E-state index contributed by atoms with van der Waals surface area (Å²) in [6, 6.07) is 9.32. The lowest BCUT2D eigenvalue weighted by Crippen LogP contribution is -2.22. The number of thioether (sulfide) groups is 1. The lowest BCUT2D eigenvalue weighted by Gasteiger charge is -2.24. The Labute approximate surface area is 133 Å². The summed E-state index contributed by atoms with van der Waals surface area (Å²) in [6.45, 7) is 0. The van der Waals surface area contributed by atoms with Gasteiger partial charge in [-0.2, -0.15) is 16.9 Å². The van der Waals surface area contributed by atoms with Crippen LogP contribution in [0.4, 0.5) is 0 Å². The molecule has 1 aliphatic rings. The average Bonchev–Trinajstić information content (AvgIpc) is 2.91. The Balaban J connectivity index is 1.92. The zero-order valence-corrected chi connectivity index (χ0v) is 13.2. The highest BCUT2D eigenvalue weighted by Crippen LogP contribution is 2.32. The van der Waals surface area contributed by atoms with Gasteiger partial charge in [-0.15, -0.1) is 0 Å². The number of carboxylic acids is 1. The van der Waals surface area contributed by atoms with Crippen molar-refractivity contribution in [1.29, 1.82) is 0 Å². The molecule has 1 saturated heterocycles. The zero-order valence-electron chi connectivity index (χ0n) is 12.4. The van der Waals surface area contributed by atoms with Crippen LogP contribution in [0.15, 0.2) is 30.3 Å². The normalized spacial score (nSPS) is 15.7. The van der Waals surface area contributed by atoms with Crippen molar-refractivity contribution < 1.29 is 14.6 Å². The average molecular weight is 318 g/mol. The molecule has 2 aromatic rings. The number of aromatic carboxylic acids is 1. The van der Waals surface area contributed by atoms with Crippen LogP contribution in [0, 0.1) is 0 Å². The number of para-hydroxylation sites is 1. The molecule has 116 valence electrons. The molecule has 3 rings (SSSR count). The number of hydrogen-bond donors (Lipinski definition) is 1. The number of ether oxygens (including phenoxy) is 1. The first-order valence-electron chi connectivity index (χ1n) is 7.26. The van der Waals surface area contributed by atoms with E-state index in [1.165, 1.54) is 0 Å². The Kier molecular flexibility index (Phi) is 4.38. The van der Waals surface area contributed by atoms with Crippen LogP contribution >= 0.6 is 11.8 Å². The van der Waals surface area contributed by atoms with Crippen molar-refractivity contribution in [1.82, 2.24) is 9.78 Å². The van der Waals surface area contributed by atoms with Gasteiger partial charge in [0.1, 0.15) is 11.9 Å². The third kappa shape index (κ3) is 3.11. The van der Waals surface area contributed by atoms with Crippen LogP contribution in [-0.4, -0.2) is 38.5 Å². The summed E-state index contributed by atoms with van der Waals surface area (Å²) < 4.78 is 7.75. The number of carbonyl (C=O) groups is 1. The first kappa shape index (κ1) is 15.0. The van der Waals surface area contributed by atoms with Gasteiger partial charge < -0.3 is 9.84 Å². The van der Waals surface area contributed by atoms with E-state index in [4.69, 9.17) is 9.84 Å². The molecule has 1 aliphatic heterocycles. The van der Waals surface area contributed by atoms with Crippen LogP contribution in [-0.2, 0) is 7.05 Å². The predicted molar refractivity (Wildman–Crippen MR) is 86.6 cm³/mol. The van der Waals surface area contributed by atoms with Gasteiger partial charge in [0, 0.05) is 12.6 Å². The summed E-state index contributed by atoms with van der Waals surface area (Å²) >= 11 is 1.96. The van der Waals surface area contributed by atoms with Gasteiger partial charge in [0.25, 0.3) is 0 Å². The number of benzene rings is 1. The Morgan fingerprint density at radius 1 is 1.36 bits per heavy atom. The van der Waals surface area contributed by atoms with E-state index in [-0.39, 0.29) is 11.8 Å². The number of rotatable bonds is 4. The molecule has 5 nitrogen and oxygen atoms in total. The van der Waals surface area contributed by atoms with Crippen LogP contribution in [0.1, 0.15) is 23.3 Å². The predicted octanol–water partition coefficient (Wildman–Crippen LogP) is 3.06. The van der Waals surface area contributed by atoms with Crippen molar-refractivity contribution in [3.05, 3.63) is 36.0 Å². The number of aromatic nitrogens is 2. The smallest absolute Gasteiger partial charge is 0.356 e. The van der Waals surface area contributed by atoms with E-state index in [1.54, 1.807) is 17.8 Å². The molecule has 0 aliphatic carbocycles. The molecule has 0 amide bonds. The van der Waals surface area contributed by atoms with Crippen LogP contribution in [0.25, 0.3) is 11.3 Å². The van der Waals surface area contributed by atoms with Gasteiger partial charge in [-0.3, -0.25) is 4.68 Å². The monoisotopic (exact) mass is 318 g/mol. The molecule has 0 spiro atoms. The van der Waals surface area contributed by atoms with E-state index < -0.39 is 5.97 Å². The maximum absolute atomic E-state index is 11.1. The molecule has 1 fully saturated rings. The van der Waals surface area contributed by atoms with Crippen LogP contribution < -0.4 is 4.74 Å². The Hall–Kier alpha value is -1.95. The largest absolute Gasteiger partial charge is 0.490 e. The molecule has 1 N–H and O–H groups in total. The zero-order chi connectivity index (χ0) is 15.5. The summed E-state index contributed by atoms with van der Waals surface area (Å²) in [4.78, 5) is 11.1. The maximum atomic E-state index is 11.1. The first-order chi connectivity index (χ1) is 10.6. The van der Waals surface area contributed by atoms with Gasteiger partial charge in [-0.25, -0.2) is 4.79 Å². The third-order valence-electron chi connectivity index (χ3n) is 3.72. The molecule has 0 radical (unpaired) electrons. The molecule has 0 saturated carbocycles. The molecule has 0 bridgehead atoms. The first-order valence-corrected chi connectivity index (χ1v) is 8.42. The van der Waals surface area contributed by atoms with Crippen molar-refractivity contribution in [2.75, 3.05) is 11.5 Å². The Morgan fingerprint density at radius 3 is 2.77 bits per heavy atom. The van der Waals surface area contributed by atoms with Crippen LogP contribution in [0.2, 0.25) is 0 Å². The minimum Gasteiger partial charge on any atom is -0.490 e. The Morgan fingerprint density at radius 2 is 2.09 bits per heavy atom. The Bertz CT molecular complexity index is 678. The summed E-state index contributed by atoms with van der Waals surface area (Å²) in [5.74, 6) is 2.02. The quantitative estimate of drug-likeness (QED) is 0.938.